The Kier molecular flexibility index (Phi) is 4.57. The van der Waals surface area contributed by atoms with E-state index in [1.165, 1.54) is 18.5 Å². The molecule has 106 valence electrons. The highest BCUT2D eigenvalue weighted by Gasteiger charge is 2.10. The van der Waals surface area contributed by atoms with E-state index in [1.807, 2.05) is 6.92 Å². The number of nitrogens with zero attached hydrogens (tertiary/aromatic N) is 3. The van der Waals surface area contributed by atoms with Crippen LogP contribution in [0, 0.1) is 10.1 Å². The first-order valence-electron chi connectivity index (χ1n) is 6.10. The molecule has 7 nitrogen and oxygen atoms in total. The summed E-state index contributed by atoms with van der Waals surface area (Å²) < 4.78 is 11.4. The zero-order chi connectivity index (χ0) is 14.5. The van der Waals surface area contributed by atoms with E-state index in [1.54, 1.807) is 6.07 Å². The first-order valence-corrected chi connectivity index (χ1v) is 7.58. The highest BCUT2D eigenvalue weighted by molar-refractivity contribution is 7.84. The quantitative estimate of drug-likeness (QED) is 0.643. The van der Waals surface area contributed by atoms with Gasteiger partial charge in [-0.25, -0.2) is 9.97 Å². The minimum atomic E-state index is -0.860. The van der Waals surface area contributed by atoms with E-state index in [-0.39, 0.29) is 5.69 Å². The summed E-state index contributed by atoms with van der Waals surface area (Å²) in [4.78, 5) is 18.5. The van der Waals surface area contributed by atoms with Crippen LogP contribution in [0.5, 0.6) is 0 Å². The minimum Gasteiger partial charge on any atom is -0.369 e. The number of hydrogen-bond donors (Lipinski definition) is 1. The topological polar surface area (TPSA) is 98.0 Å². The normalized spacial score (nSPS) is 12.2. The van der Waals surface area contributed by atoms with Crippen molar-refractivity contribution in [2.45, 2.75) is 6.92 Å². The van der Waals surface area contributed by atoms with Crippen LogP contribution >= 0.6 is 0 Å². The summed E-state index contributed by atoms with van der Waals surface area (Å²) in [7, 11) is -0.860. The number of fused-ring (bicyclic) bond motifs is 1. The number of nitro benzene ring substituents is 1. The van der Waals surface area contributed by atoms with Crippen molar-refractivity contribution in [3.05, 3.63) is 34.6 Å². The molecule has 1 atom stereocenters. The van der Waals surface area contributed by atoms with Gasteiger partial charge >= 0.3 is 0 Å². The Morgan fingerprint density at radius 2 is 2.20 bits per heavy atom. The Labute approximate surface area is 118 Å². The molecular weight excluding hydrogens is 280 g/mol. The van der Waals surface area contributed by atoms with E-state index in [4.69, 9.17) is 0 Å². The molecule has 0 saturated heterocycles. The molecule has 0 fully saturated rings. The van der Waals surface area contributed by atoms with Crippen molar-refractivity contribution < 1.29 is 9.13 Å². The molecule has 8 heteroatoms. The van der Waals surface area contributed by atoms with Crippen molar-refractivity contribution in [1.82, 2.24) is 9.97 Å². The lowest BCUT2D eigenvalue weighted by Gasteiger charge is -2.07. The molecule has 20 heavy (non-hydrogen) atoms. The maximum Gasteiger partial charge on any atom is 0.270 e. The molecule has 0 amide bonds. The summed E-state index contributed by atoms with van der Waals surface area (Å²) in [5, 5.41) is 14.4. The average molecular weight is 294 g/mol. The third kappa shape index (κ3) is 3.27. The molecule has 1 aromatic carbocycles. The van der Waals surface area contributed by atoms with Crippen LogP contribution in [0.25, 0.3) is 10.9 Å². The second-order valence-corrected chi connectivity index (χ2v) is 5.91. The van der Waals surface area contributed by atoms with Crippen molar-refractivity contribution in [2.24, 2.45) is 0 Å². The van der Waals surface area contributed by atoms with Crippen LogP contribution in [-0.2, 0) is 10.8 Å². The fraction of sp³-hybridized carbons (Fsp3) is 0.333. The van der Waals surface area contributed by atoms with Gasteiger partial charge in [-0.05, 0) is 6.07 Å². The van der Waals surface area contributed by atoms with Gasteiger partial charge in [0.1, 0.15) is 12.1 Å². The highest BCUT2D eigenvalue weighted by atomic mass is 32.2. The van der Waals surface area contributed by atoms with Gasteiger partial charge in [0, 0.05) is 46.4 Å². The Bertz CT molecular complexity index is 662. The van der Waals surface area contributed by atoms with E-state index < -0.39 is 15.7 Å². The molecular formula is C12H14N4O3S. The second-order valence-electron chi connectivity index (χ2n) is 4.04. The number of anilines is 1. The number of rotatable bonds is 6. The van der Waals surface area contributed by atoms with E-state index in [0.29, 0.717) is 34.8 Å². The lowest BCUT2D eigenvalue weighted by Crippen LogP contribution is -2.13. The molecule has 2 rings (SSSR count). The number of hydrogen-bond acceptors (Lipinski definition) is 6. The molecule has 0 aliphatic heterocycles. The predicted octanol–water partition coefficient (Wildman–Crippen LogP) is 1.72. The second kappa shape index (κ2) is 6.38. The fourth-order valence-corrected chi connectivity index (χ4v) is 2.35. The van der Waals surface area contributed by atoms with E-state index >= 15 is 0 Å². The maximum atomic E-state index is 11.4. The number of benzene rings is 1. The fourth-order valence-electron chi connectivity index (χ4n) is 1.73. The van der Waals surface area contributed by atoms with Crippen molar-refractivity contribution in [3.63, 3.8) is 0 Å². The van der Waals surface area contributed by atoms with Crippen LogP contribution in [0.15, 0.2) is 24.5 Å². The molecule has 2 aromatic rings. The molecule has 1 N–H and O–H groups in total. The first kappa shape index (κ1) is 14.3. The van der Waals surface area contributed by atoms with Crippen molar-refractivity contribution >= 4 is 33.2 Å². The zero-order valence-corrected chi connectivity index (χ0v) is 11.7. The van der Waals surface area contributed by atoms with Gasteiger partial charge in [-0.2, -0.15) is 0 Å². The lowest BCUT2D eigenvalue weighted by molar-refractivity contribution is -0.384. The average Bonchev–Trinajstić information content (AvgIpc) is 2.46. The summed E-state index contributed by atoms with van der Waals surface area (Å²) in [5.74, 6) is 1.64. The largest absolute Gasteiger partial charge is 0.369 e. The monoisotopic (exact) mass is 294 g/mol. The number of nitrogens with one attached hydrogen (secondary N) is 1. The maximum absolute atomic E-state index is 11.4. The summed E-state index contributed by atoms with van der Waals surface area (Å²) in [6.45, 7) is 2.36. The molecule has 0 radical (unpaired) electrons. The Morgan fingerprint density at radius 3 is 2.90 bits per heavy atom. The van der Waals surface area contributed by atoms with Gasteiger partial charge in [0.25, 0.3) is 5.69 Å². The lowest BCUT2D eigenvalue weighted by atomic mass is 10.2. The third-order valence-electron chi connectivity index (χ3n) is 2.77. The third-order valence-corrected chi connectivity index (χ3v) is 4.08. The molecule has 1 heterocycles. The predicted molar refractivity (Wildman–Crippen MR) is 78.2 cm³/mol. The van der Waals surface area contributed by atoms with Gasteiger partial charge in [0.15, 0.2) is 0 Å². The molecule has 0 aliphatic carbocycles. The van der Waals surface area contributed by atoms with Gasteiger partial charge in [-0.15, -0.1) is 0 Å². The smallest absolute Gasteiger partial charge is 0.270 e. The Morgan fingerprint density at radius 1 is 1.40 bits per heavy atom. The first-order chi connectivity index (χ1) is 9.61. The van der Waals surface area contributed by atoms with Gasteiger partial charge in [-0.1, -0.05) is 6.92 Å². The summed E-state index contributed by atoms with van der Waals surface area (Å²) in [6.07, 6.45) is 1.40. The zero-order valence-electron chi connectivity index (χ0n) is 10.9. The standard InChI is InChI=1S/C12H14N4O3S/c1-2-20(19)6-5-13-12-10-7-9(16(17)18)3-4-11(10)14-8-15-12/h3-4,7-8H,2,5-6H2,1H3,(H,13,14,15). The van der Waals surface area contributed by atoms with Crippen LogP contribution in [0.4, 0.5) is 11.5 Å². The van der Waals surface area contributed by atoms with Crippen LogP contribution in [-0.4, -0.2) is 37.2 Å². The minimum absolute atomic E-state index is 0.00696. The molecule has 0 spiro atoms. The van der Waals surface area contributed by atoms with Gasteiger partial charge in [-0.3, -0.25) is 14.3 Å². The summed E-state index contributed by atoms with van der Waals surface area (Å²) in [5.41, 5.74) is 0.622. The van der Waals surface area contributed by atoms with Gasteiger partial charge in [0.05, 0.1) is 10.4 Å². The molecule has 0 bridgehead atoms. The van der Waals surface area contributed by atoms with Crippen LogP contribution in [0.2, 0.25) is 0 Å². The SMILES string of the molecule is CCS(=O)CCNc1ncnc2ccc([N+](=O)[O-])cc12. The van der Waals surface area contributed by atoms with Gasteiger partial charge in [0.2, 0.25) is 0 Å². The number of aromatic nitrogens is 2. The molecule has 1 unspecified atom stereocenters. The Balaban J connectivity index is 2.25. The number of non-ortho nitro benzene ring substituents is 1. The van der Waals surface area contributed by atoms with Crippen molar-refractivity contribution in [1.29, 1.82) is 0 Å². The van der Waals surface area contributed by atoms with E-state index in [9.17, 15) is 14.3 Å². The highest BCUT2D eigenvalue weighted by Crippen LogP contribution is 2.23. The van der Waals surface area contributed by atoms with E-state index in [2.05, 4.69) is 15.3 Å². The van der Waals surface area contributed by atoms with Crippen molar-refractivity contribution in [3.8, 4) is 0 Å². The van der Waals surface area contributed by atoms with E-state index in [0.717, 1.165) is 0 Å². The van der Waals surface area contributed by atoms with Crippen molar-refractivity contribution in [2.75, 3.05) is 23.4 Å². The number of nitro groups is 1. The van der Waals surface area contributed by atoms with Crippen LogP contribution in [0.1, 0.15) is 6.92 Å². The summed E-state index contributed by atoms with van der Waals surface area (Å²) in [6, 6.07) is 4.43. The molecule has 0 aliphatic rings. The van der Waals surface area contributed by atoms with Gasteiger partial charge < -0.3 is 5.32 Å². The molecule has 0 saturated carbocycles. The van der Waals surface area contributed by atoms with Crippen LogP contribution in [0.3, 0.4) is 0 Å². The Hall–Kier alpha value is -2.09. The summed E-state index contributed by atoms with van der Waals surface area (Å²) >= 11 is 0. The van der Waals surface area contributed by atoms with Crippen LogP contribution < -0.4 is 5.32 Å². The molecule has 1 aromatic heterocycles.